The van der Waals surface area contributed by atoms with Crippen LogP contribution in [0.4, 0.5) is 4.39 Å². The Morgan fingerprint density at radius 3 is 2.66 bits per heavy atom. The van der Waals surface area contributed by atoms with Gasteiger partial charge in [-0.2, -0.15) is 0 Å². The van der Waals surface area contributed by atoms with E-state index in [-0.39, 0.29) is 30.1 Å². The molecule has 2 aromatic carbocycles. The number of nitrogens with one attached hydrogen (secondary N) is 1. The van der Waals surface area contributed by atoms with Crippen LogP contribution in [0.15, 0.2) is 48.5 Å². The molecule has 0 aliphatic carbocycles. The number of ether oxygens (including phenoxy) is 2. The van der Waals surface area contributed by atoms with Gasteiger partial charge in [-0.25, -0.2) is 4.39 Å². The minimum Gasteiger partial charge on any atom is -0.497 e. The van der Waals surface area contributed by atoms with Crippen LogP contribution in [0, 0.1) is 11.7 Å². The highest BCUT2D eigenvalue weighted by atomic mass is 19.1. The van der Waals surface area contributed by atoms with Crippen LogP contribution >= 0.6 is 0 Å². The molecule has 1 N–H and O–H groups in total. The predicted octanol–water partition coefficient (Wildman–Crippen LogP) is 2.45. The van der Waals surface area contributed by atoms with E-state index in [2.05, 4.69) is 5.32 Å². The summed E-state index contributed by atoms with van der Waals surface area (Å²) >= 11 is 0. The number of hydrogen-bond donors (Lipinski definition) is 1. The van der Waals surface area contributed by atoms with Crippen LogP contribution in [0.2, 0.25) is 0 Å². The molecule has 0 bridgehead atoms. The fourth-order valence-corrected chi connectivity index (χ4v) is 3.66. The first-order chi connectivity index (χ1) is 14.0. The maximum absolute atomic E-state index is 13.8. The number of nitrogens with zero attached hydrogens (tertiary/aromatic N) is 1. The minimum absolute atomic E-state index is 0.169. The Kier molecular flexibility index (Phi) is 6.82. The van der Waals surface area contributed by atoms with Crippen LogP contribution in [0.1, 0.15) is 21.8 Å². The molecular weight excluding hydrogens is 375 g/mol. The van der Waals surface area contributed by atoms with Crippen molar-refractivity contribution in [2.45, 2.75) is 5.92 Å². The van der Waals surface area contributed by atoms with Crippen LogP contribution in [-0.4, -0.2) is 57.2 Å². The smallest absolute Gasteiger partial charge is 0.254 e. The van der Waals surface area contributed by atoms with E-state index in [1.54, 1.807) is 55.5 Å². The summed E-state index contributed by atoms with van der Waals surface area (Å²) in [5.41, 5.74) is 1.20. The van der Waals surface area contributed by atoms with Gasteiger partial charge in [0.05, 0.1) is 19.6 Å². The van der Waals surface area contributed by atoms with Gasteiger partial charge in [-0.3, -0.25) is 9.59 Å². The molecule has 0 aromatic heterocycles. The molecule has 1 fully saturated rings. The molecule has 1 saturated heterocycles. The minimum atomic E-state index is -0.469. The molecule has 0 saturated carbocycles. The molecule has 0 spiro atoms. The van der Waals surface area contributed by atoms with Gasteiger partial charge in [-0.15, -0.1) is 0 Å². The number of hydrogen-bond acceptors (Lipinski definition) is 4. The molecule has 2 atom stereocenters. The lowest BCUT2D eigenvalue weighted by Crippen LogP contribution is -2.37. The molecule has 7 heteroatoms. The first-order valence-electron chi connectivity index (χ1n) is 9.49. The lowest BCUT2D eigenvalue weighted by molar-refractivity contribution is -0.125. The lowest BCUT2D eigenvalue weighted by Gasteiger charge is -2.18. The van der Waals surface area contributed by atoms with Crippen molar-refractivity contribution in [3.05, 3.63) is 65.5 Å². The van der Waals surface area contributed by atoms with E-state index in [1.165, 1.54) is 12.1 Å². The number of carbonyl (C=O) groups is 2. The van der Waals surface area contributed by atoms with E-state index in [1.807, 2.05) is 0 Å². The Morgan fingerprint density at radius 2 is 1.93 bits per heavy atom. The zero-order valence-electron chi connectivity index (χ0n) is 16.6. The van der Waals surface area contributed by atoms with E-state index in [4.69, 9.17) is 9.47 Å². The Hall–Kier alpha value is -2.93. The van der Waals surface area contributed by atoms with Crippen molar-refractivity contribution in [1.29, 1.82) is 0 Å². The van der Waals surface area contributed by atoms with Crippen molar-refractivity contribution in [3.8, 4) is 5.75 Å². The second-order valence-corrected chi connectivity index (χ2v) is 6.99. The average molecular weight is 400 g/mol. The Morgan fingerprint density at radius 1 is 1.14 bits per heavy atom. The van der Waals surface area contributed by atoms with Crippen LogP contribution in [0.3, 0.4) is 0 Å². The third-order valence-corrected chi connectivity index (χ3v) is 5.14. The van der Waals surface area contributed by atoms with Gasteiger partial charge in [0.2, 0.25) is 5.91 Å². The third kappa shape index (κ3) is 4.92. The molecule has 2 amide bonds. The number of benzene rings is 2. The fourth-order valence-electron chi connectivity index (χ4n) is 3.66. The topological polar surface area (TPSA) is 67.9 Å². The number of likely N-dealkylation sites (tertiary alicyclic amines) is 1. The molecule has 1 aliphatic heterocycles. The fraction of sp³-hybridized carbons (Fsp3) is 0.364. The van der Waals surface area contributed by atoms with Crippen molar-refractivity contribution < 1.29 is 23.5 Å². The molecule has 3 rings (SSSR count). The highest BCUT2D eigenvalue weighted by Gasteiger charge is 2.40. The Bertz CT molecular complexity index is 873. The molecule has 0 radical (unpaired) electrons. The van der Waals surface area contributed by atoms with Gasteiger partial charge in [0, 0.05) is 38.2 Å². The molecule has 29 heavy (non-hydrogen) atoms. The van der Waals surface area contributed by atoms with E-state index < -0.39 is 5.92 Å². The zero-order chi connectivity index (χ0) is 20.8. The molecule has 0 unspecified atom stereocenters. The summed E-state index contributed by atoms with van der Waals surface area (Å²) in [4.78, 5) is 27.5. The van der Waals surface area contributed by atoms with E-state index in [9.17, 15) is 14.0 Å². The number of halogens is 1. The molecular formula is C22H25FN2O4. The third-order valence-electron chi connectivity index (χ3n) is 5.14. The van der Waals surface area contributed by atoms with Gasteiger partial charge in [0.15, 0.2) is 0 Å². The summed E-state index contributed by atoms with van der Waals surface area (Å²) in [7, 11) is 3.10. The number of methoxy groups -OCH3 is 2. The number of carbonyl (C=O) groups excluding carboxylic acids is 2. The van der Waals surface area contributed by atoms with E-state index in [0.29, 0.717) is 36.6 Å². The van der Waals surface area contributed by atoms with Crippen LogP contribution in [0.5, 0.6) is 5.75 Å². The SMILES string of the molecule is COCCNC(=O)[C@@H]1CN(C(=O)c2cccc(OC)c2)C[C@H]1c1cccc(F)c1. The summed E-state index contributed by atoms with van der Waals surface area (Å²) in [6, 6.07) is 13.1. The van der Waals surface area contributed by atoms with Gasteiger partial charge in [-0.1, -0.05) is 18.2 Å². The summed E-state index contributed by atoms with van der Waals surface area (Å²) in [6.07, 6.45) is 0. The standard InChI is InChI=1S/C22H25FN2O4/c1-28-10-9-24-21(26)20-14-25(13-19(20)15-5-3-7-17(23)11-15)22(27)16-6-4-8-18(12-16)29-2/h3-8,11-12,19-20H,9-10,13-14H2,1-2H3,(H,24,26)/t19-,20+/m0/s1. The number of amides is 2. The largest absolute Gasteiger partial charge is 0.497 e. The molecule has 1 heterocycles. The monoisotopic (exact) mass is 400 g/mol. The van der Waals surface area contributed by atoms with Crippen LogP contribution in [-0.2, 0) is 9.53 Å². The van der Waals surface area contributed by atoms with Gasteiger partial charge < -0.3 is 19.7 Å². The Balaban J connectivity index is 1.83. The highest BCUT2D eigenvalue weighted by Crippen LogP contribution is 2.34. The van der Waals surface area contributed by atoms with Crippen molar-refractivity contribution in [3.63, 3.8) is 0 Å². The summed E-state index contributed by atoms with van der Waals surface area (Å²) < 4.78 is 24.0. The van der Waals surface area contributed by atoms with Crippen molar-refractivity contribution >= 4 is 11.8 Å². The average Bonchev–Trinajstić information content (AvgIpc) is 3.19. The van der Waals surface area contributed by atoms with E-state index in [0.717, 1.165) is 0 Å². The molecule has 1 aliphatic rings. The maximum Gasteiger partial charge on any atom is 0.254 e. The summed E-state index contributed by atoms with van der Waals surface area (Å²) in [6.45, 7) is 1.37. The van der Waals surface area contributed by atoms with Crippen molar-refractivity contribution in [1.82, 2.24) is 10.2 Å². The maximum atomic E-state index is 13.8. The van der Waals surface area contributed by atoms with Gasteiger partial charge >= 0.3 is 0 Å². The second-order valence-electron chi connectivity index (χ2n) is 6.99. The van der Waals surface area contributed by atoms with Crippen LogP contribution in [0.25, 0.3) is 0 Å². The van der Waals surface area contributed by atoms with Gasteiger partial charge in [0.25, 0.3) is 5.91 Å². The zero-order valence-corrected chi connectivity index (χ0v) is 16.6. The second kappa shape index (κ2) is 9.52. The molecule has 6 nitrogen and oxygen atoms in total. The lowest BCUT2D eigenvalue weighted by atomic mass is 9.88. The summed E-state index contributed by atoms with van der Waals surface area (Å²) in [5.74, 6) is -0.884. The normalized spacial score (nSPS) is 18.5. The van der Waals surface area contributed by atoms with Gasteiger partial charge in [-0.05, 0) is 35.9 Å². The van der Waals surface area contributed by atoms with Crippen LogP contribution < -0.4 is 10.1 Å². The Labute approximate surface area is 169 Å². The van der Waals surface area contributed by atoms with Crippen molar-refractivity contribution in [2.75, 3.05) is 40.5 Å². The molecule has 2 aromatic rings. The van der Waals surface area contributed by atoms with Gasteiger partial charge in [0.1, 0.15) is 11.6 Å². The number of rotatable bonds is 7. The summed E-state index contributed by atoms with van der Waals surface area (Å²) in [5, 5.41) is 2.84. The molecule has 154 valence electrons. The first-order valence-corrected chi connectivity index (χ1v) is 9.49. The van der Waals surface area contributed by atoms with E-state index >= 15 is 0 Å². The highest BCUT2D eigenvalue weighted by molar-refractivity contribution is 5.95. The quantitative estimate of drug-likeness (QED) is 0.725. The van der Waals surface area contributed by atoms with Crippen molar-refractivity contribution in [2.24, 2.45) is 5.92 Å². The predicted molar refractivity (Wildman–Crippen MR) is 106 cm³/mol. The first kappa shape index (κ1) is 20.8.